The van der Waals surface area contributed by atoms with Gasteiger partial charge in [-0.15, -0.1) is 45.3 Å². The largest absolute Gasteiger partial charge is 0.139 e. The molecule has 0 amide bonds. The normalized spacial score (nSPS) is 13.7. The van der Waals surface area contributed by atoms with Crippen LogP contribution in [0.1, 0.15) is 101 Å². The van der Waals surface area contributed by atoms with Crippen LogP contribution in [0.25, 0.3) is 61.9 Å². The minimum absolute atomic E-state index is 0.131. The van der Waals surface area contributed by atoms with Gasteiger partial charge >= 0.3 is 0 Å². The molecule has 0 spiro atoms. The van der Waals surface area contributed by atoms with E-state index in [4.69, 9.17) is 0 Å². The molecule has 0 fully saturated rings. The van der Waals surface area contributed by atoms with Crippen molar-refractivity contribution < 1.29 is 0 Å². The molecule has 0 aliphatic rings. The zero-order chi connectivity index (χ0) is 28.5. The van der Waals surface area contributed by atoms with Crippen molar-refractivity contribution in [3.8, 4) is 0 Å². The van der Waals surface area contributed by atoms with Gasteiger partial charge in [-0.25, -0.2) is 0 Å². The van der Waals surface area contributed by atoms with E-state index < -0.39 is 0 Å². The molecule has 0 bridgehead atoms. The van der Waals surface area contributed by atoms with Crippen molar-refractivity contribution in [2.45, 2.75) is 91.9 Å². The number of thiophene rings is 4. The van der Waals surface area contributed by atoms with Gasteiger partial charge in [0.05, 0.1) is 0 Å². The van der Waals surface area contributed by atoms with Crippen LogP contribution in [0, 0.1) is 0 Å². The van der Waals surface area contributed by atoms with Crippen molar-refractivity contribution in [2.24, 2.45) is 0 Å². The van der Waals surface area contributed by atoms with Crippen molar-refractivity contribution in [2.75, 3.05) is 0 Å². The predicted molar refractivity (Wildman–Crippen MR) is 189 cm³/mol. The SMILES string of the molecule is CC(C)c1cc2c3cc(C(C)C)sc3c3cc4c(cc3c2s1)c1sc(C(C)(C)C)cc1c1cc(C(C)(C)C)sc14. The van der Waals surface area contributed by atoms with Crippen LogP contribution in [0.3, 0.4) is 0 Å². The minimum atomic E-state index is 0.131. The summed E-state index contributed by atoms with van der Waals surface area (Å²) >= 11 is 8.05. The standard InChI is InChI=1S/C36H38S4/c1-17(2)27-13-23-24-14-28(18(3)4)38-32(24)20-12-22-21(11-19(20)31(23)37-27)33-25(15-29(39-33)35(5,6)7)26-16-30(36(8,9)10)40-34(22)26/h11-18H,1-10H3. The summed E-state index contributed by atoms with van der Waals surface area (Å²) in [5.41, 5.74) is 0.261. The van der Waals surface area contributed by atoms with Gasteiger partial charge in [0, 0.05) is 81.4 Å². The summed E-state index contributed by atoms with van der Waals surface area (Å²) in [7, 11) is 0. The van der Waals surface area contributed by atoms with Crippen molar-refractivity contribution in [3.05, 3.63) is 55.9 Å². The van der Waals surface area contributed by atoms with E-state index in [9.17, 15) is 0 Å². The molecule has 3 aromatic carbocycles. The van der Waals surface area contributed by atoms with E-state index in [0.29, 0.717) is 11.8 Å². The van der Waals surface area contributed by atoms with Crippen LogP contribution < -0.4 is 0 Å². The number of benzene rings is 3. The smallest absolute Gasteiger partial charge is 0.0431 e. The highest BCUT2D eigenvalue weighted by atomic mass is 32.1. The Labute approximate surface area is 253 Å². The zero-order valence-electron chi connectivity index (χ0n) is 25.3. The Morgan fingerprint density at radius 1 is 0.400 bits per heavy atom. The van der Waals surface area contributed by atoms with Gasteiger partial charge in [-0.2, -0.15) is 0 Å². The third kappa shape index (κ3) is 3.93. The van der Waals surface area contributed by atoms with E-state index in [1.807, 2.05) is 45.3 Å². The summed E-state index contributed by atoms with van der Waals surface area (Å²) in [6.45, 7) is 23.4. The van der Waals surface area contributed by atoms with Gasteiger partial charge in [0.25, 0.3) is 0 Å². The van der Waals surface area contributed by atoms with Crippen molar-refractivity contribution in [3.63, 3.8) is 0 Å². The summed E-state index contributed by atoms with van der Waals surface area (Å²) in [4.78, 5) is 5.92. The molecule has 0 saturated heterocycles. The molecule has 4 heterocycles. The number of hydrogen-bond donors (Lipinski definition) is 0. The van der Waals surface area contributed by atoms with Gasteiger partial charge in [0.1, 0.15) is 0 Å². The molecule has 4 aromatic heterocycles. The van der Waals surface area contributed by atoms with Crippen LogP contribution in [0.15, 0.2) is 36.4 Å². The van der Waals surface area contributed by atoms with Crippen LogP contribution in [-0.2, 0) is 10.8 Å². The first kappa shape index (κ1) is 26.9. The topological polar surface area (TPSA) is 0 Å². The van der Waals surface area contributed by atoms with Crippen molar-refractivity contribution in [1.82, 2.24) is 0 Å². The molecular formula is C36H38S4. The lowest BCUT2D eigenvalue weighted by Gasteiger charge is -2.15. The molecule has 7 aromatic rings. The third-order valence-corrected chi connectivity index (χ3v) is 14.4. The third-order valence-electron chi connectivity index (χ3n) is 8.30. The number of rotatable bonds is 2. The molecule has 206 valence electrons. The summed E-state index contributed by atoms with van der Waals surface area (Å²) < 4.78 is 5.83. The van der Waals surface area contributed by atoms with Gasteiger partial charge < -0.3 is 0 Å². The fraction of sp³-hybridized carbons (Fsp3) is 0.389. The maximum absolute atomic E-state index is 2.57. The van der Waals surface area contributed by atoms with Crippen LogP contribution >= 0.6 is 45.3 Å². The van der Waals surface area contributed by atoms with E-state index in [-0.39, 0.29) is 10.8 Å². The van der Waals surface area contributed by atoms with Crippen LogP contribution in [-0.4, -0.2) is 0 Å². The van der Waals surface area contributed by atoms with E-state index in [1.165, 1.54) is 81.4 Å². The molecule has 0 aliphatic heterocycles. The van der Waals surface area contributed by atoms with Gasteiger partial charge in [-0.05, 0) is 59.1 Å². The summed E-state index contributed by atoms with van der Waals surface area (Å²) in [6, 6.07) is 15.1. The first-order valence-electron chi connectivity index (χ1n) is 14.5. The highest BCUT2D eigenvalue weighted by Gasteiger charge is 2.25. The number of fused-ring (bicyclic) bond motifs is 12. The minimum Gasteiger partial charge on any atom is -0.139 e. The molecule has 0 saturated carbocycles. The molecule has 0 radical (unpaired) electrons. The average molecular weight is 599 g/mol. The molecule has 0 aliphatic carbocycles. The first-order chi connectivity index (χ1) is 18.7. The maximum Gasteiger partial charge on any atom is 0.0431 e. The monoisotopic (exact) mass is 598 g/mol. The van der Waals surface area contributed by atoms with Crippen molar-refractivity contribution >= 4 is 107 Å². The maximum atomic E-state index is 2.57. The molecule has 4 heteroatoms. The lowest BCUT2D eigenvalue weighted by Crippen LogP contribution is -2.07. The lowest BCUT2D eigenvalue weighted by atomic mass is 9.92. The Morgan fingerprint density at radius 2 is 0.675 bits per heavy atom. The molecule has 40 heavy (non-hydrogen) atoms. The van der Waals surface area contributed by atoms with E-state index >= 15 is 0 Å². The van der Waals surface area contributed by atoms with E-state index in [2.05, 4.69) is 106 Å². The quantitative estimate of drug-likeness (QED) is 0.174. The Balaban J connectivity index is 1.73. The Bertz CT molecular complexity index is 1970. The van der Waals surface area contributed by atoms with Gasteiger partial charge in [-0.1, -0.05) is 69.2 Å². The van der Waals surface area contributed by atoms with Crippen molar-refractivity contribution in [1.29, 1.82) is 0 Å². The highest BCUT2D eigenvalue weighted by Crippen LogP contribution is 2.51. The summed E-state index contributed by atoms with van der Waals surface area (Å²) in [5, 5.41) is 11.5. The predicted octanol–water partition coefficient (Wildman–Crippen LogP) is 13.7. The zero-order valence-corrected chi connectivity index (χ0v) is 28.5. The molecule has 0 nitrogen and oxygen atoms in total. The fourth-order valence-electron chi connectivity index (χ4n) is 5.86. The average Bonchev–Trinajstić information content (AvgIpc) is 3.64. The molecule has 0 atom stereocenters. The second-order valence-corrected chi connectivity index (χ2v) is 18.5. The Hall–Kier alpha value is -1.98. The second kappa shape index (κ2) is 8.77. The Morgan fingerprint density at radius 3 is 0.975 bits per heavy atom. The summed E-state index contributed by atoms with van der Waals surface area (Å²) in [5.74, 6) is 1.07. The highest BCUT2D eigenvalue weighted by molar-refractivity contribution is 7.23. The molecule has 0 unspecified atom stereocenters. The fourth-order valence-corrected chi connectivity index (χ4v) is 10.8. The summed E-state index contributed by atoms with van der Waals surface area (Å²) in [6.07, 6.45) is 0. The second-order valence-electron chi connectivity index (χ2n) is 14.2. The van der Waals surface area contributed by atoms with E-state index in [0.717, 1.165) is 0 Å². The first-order valence-corrected chi connectivity index (χ1v) is 17.7. The molecule has 0 N–H and O–H groups in total. The van der Waals surface area contributed by atoms with Crippen LogP contribution in [0.4, 0.5) is 0 Å². The number of hydrogen-bond acceptors (Lipinski definition) is 4. The molecule has 7 rings (SSSR count). The Kier molecular flexibility index (Phi) is 5.89. The van der Waals surface area contributed by atoms with Gasteiger partial charge in [0.15, 0.2) is 0 Å². The van der Waals surface area contributed by atoms with Crippen LogP contribution in [0.2, 0.25) is 0 Å². The van der Waals surface area contributed by atoms with E-state index in [1.54, 1.807) is 0 Å². The van der Waals surface area contributed by atoms with Crippen LogP contribution in [0.5, 0.6) is 0 Å². The van der Waals surface area contributed by atoms with Gasteiger partial charge in [-0.3, -0.25) is 0 Å². The lowest BCUT2D eigenvalue weighted by molar-refractivity contribution is 0.604. The van der Waals surface area contributed by atoms with Gasteiger partial charge in [0.2, 0.25) is 0 Å². The molecular weight excluding hydrogens is 561 g/mol.